The number of aliphatic carboxylic acids is 1. The van der Waals surface area contributed by atoms with Crippen molar-refractivity contribution in [1.29, 1.82) is 0 Å². The Morgan fingerprint density at radius 1 is 1.18 bits per heavy atom. The first-order valence-corrected chi connectivity index (χ1v) is 13.9. The van der Waals surface area contributed by atoms with Gasteiger partial charge in [-0.3, -0.25) is 19.3 Å². The van der Waals surface area contributed by atoms with Gasteiger partial charge in [0.1, 0.15) is 23.7 Å². The Labute approximate surface area is 259 Å². The molecule has 2 aromatic rings. The number of allylic oxidation sites excluding steroid dienone is 1. The molecule has 0 radical (unpaired) electrons. The SMILES string of the molecule is O=C(CSc1ccc2ccccc2c1)N[C@@H]1C(=O)N2C(C(=O)O)=C(/C=C3\CCN(CC(F)(F)F)C3=O)CS[C@H]12.[H-].[Na+]. The first kappa shape index (κ1) is 30.5. The van der Waals surface area contributed by atoms with Gasteiger partial charge >= 0.3 is 41.7 Å². The first-order chi connectivity index (χ1) is 18.5. The van der Waals surface area contributed by atoms with Crippen LogP contribution in [0.4, 0.5) is 13.2 Å². The fourth-order valence-electron chi connectivity index (χ4n) is 4.75. The number of amides is 3. The third-order valence-corrected chi connectivity index (χ3v) is 8.84. The predicted octanol–water partition coefficient (Wildman–Crippen LogP) is 0.508. The summed E-state index contributed by atoms with van der Waals surface area (Å²) >= 11 is 2.54. The molecular weight excluding hydrogens is 578 g/mol. The van der Waals surface area contributed by atoms with Crippen LogP contribution >= 0.6 is 23.5 Å². The number of fused-ring (bicyclic) bond motifs is 2. The summed E-state index contributed by atoms with van der Waals surface area (Å²) in [7, 11) is 0. The second-order valence-corrected chi connectivity index (χ2v) is 11.3. The number of β-lactam (4-membered cyclic amide) rings is 1. The minimum atomic E-state index is -4.54. The number of hydrogen-bond acceptors (Lipinski definition) is 6. The summed E-state index contributed by atoms with van der Waals surface area (Å²) in [6.45, 7) is -1.50. The Bertz CT molecular complexity index is 1450. The molecule has 8 nitrogen and oxygen atoms in total. The van der Waals surface area contributed by atoms with E-state index < -0.39 is 41.9 Å². The Balaban J connectivity index is 0.00000231. The summed E-state index contributed by atoms with van der Waals surface area (Å²) in [5, 5.41) is 14.0. The smallest absolute Gasteiger partial charge is 1.00 e. The van der Waals surface area contributed by atoms with E-state index >= 15 is 0 Å². The molecule has 40 heavy (non-hydrogen) atoms. The Hall–Kier alpha value is -2.45. The fourth-order valence-corrected chi connectivity index (χ4v) is 6.81. The number of carbonyl (C=O) groups excluding carboxylic acids is 3. The molecule has 2 fully saturated rings. The molecule has 206 valence electrons. The molecule has 5 rings (SSSR count). The van der Waals surface area contributed by atoms with Crippen LogP contribution in [0, 0.1) is 0 Å². The van der Waals surface area contributed by atoms with Gasteiger partial charge in [-0.05, 0) is 41.0 Å². The largest absolute Gasteiger partial charge is 1.00 e. The zero-order valence-electron chi connectivity index (χ0n) is 22.2. The topological polar surface area (TPSA) is 107 Å². The van der Waals surface area contributed by atoms with Crippen LogP contribution < -0.4 is 34.9 Å². The minimum Gasteiger partial charge on any atom is -1.00 e. The molecule has 2 atom stereocenters. The third kappa shape index (κ3) is 6.38. The molecule has 3 amide bonds. The van der Waals surface area contributed by atoms with E-state index in [9.17, 15) is 37.5 Å². The van der Waals surface area contributed by atoms with Crippen molar-refractivity contribution in [3.8, 4) is 0 Å². The maximum absolute atomic E-state index is 12.9. The number of carboxylic acid groups (broad SMARTS) is 1. The number of carbonyl (C=O) groups is 4. The molecule has 0 spiro atoms. The third-order valence-electron chi connectivity index (χ3n) is 6.54. The molecule has 2 N–H and O–H groups in total. The summed E-state index contributed by atoms with van der Waals surface area (Å²) in [6, 6.07) is 12.8. The number of hydrogen-bond donors (Lipinski definition) is 2. The van der Waals surface area contributed by atoms with Gasteiger partial charge in [0.15, 0.2) is 0 Å². The van der Waals surface area contributed by atoms with Gasteiger partial charge in [-0.1, -0.05) is 30.3 Å². The predicted molar refractivity (Wildman–Crippen MR) is 141 cm³/mol. The summed E-state index contributed by atoms with van der Waals surface area (Å²) < 4.78 is 38.2. The molecule has 0 aliphatic carbocycles. The number of thioether (sulfide) groups is 2. The maximum atomic E-state index is 12.9. The average Bonchev–Trinajstić information content (AvgIpc) is 3.22. The second-order valence-electron chi connectivity index (χ2n) is 9.19. The van der Waals surface area contributed by atoms with E-state index in [1.54, 1.807) is 0 Å². The monoisotopic (exact) mass is 601 g/mol. The van der Waals surface area contributed by atoms with Gasteiger partial charge in [0.2, 0.25) is 11.8 Å². The Kier molecular flexibility index (Phi) is 9.30. The standard InChI is InChI=1S/C26H22F3N3O5S2.Na.H/c27-26(28,29)13-31-8-7-16(22(31)34)9-17-11-39-24-20(23(35)32(24)21(17)25(36)37)30-19(33)12-38-18-6-5-14-3-1-2-4-15(14)10-18;;/h1-6,9-10,20,24H,7-8,11-13H2,(H,30,33)(H,36,37);;/q;+1;-1/b16-9+;;/t20-,24-;;/m1../s1. The van der Waals surface area contributed by atoms with Gasteiger partial charge in [-0.25, -0.2) is 4.79 Å². The van der Waals surface area contributed by atoms with Crippen LogP contribution in [0.2, 0.25) is 0 Å². The number of halogens is 3. The number of nitrogens with zero attached hydrogens (tertiary/aromatic N) is 2. The van der Waals surface area contributed by atoms with Crippen LogP contribution in [0.3, 0.4) is 0 Å². The van der Waals surface area contributed by atoms with E-state index in [1.165, 1.54) is 29.6 Å². The van der Waals surface area contributed by atoms with Crippen molar-refractivity contribution in [1.82, 2.24) is 15.1 Å². The average molecular weight is 602 g/mol. The van der Waals surface area contributed by atoms with E-state index in [2.05, 4.69) is 5.32 Å². The van der Waals surface area contributed by atoms with Gasteiger partial charge in [-0.15, -0.1) is 23.5 Å². The van der Waals surface area contributed by atoms with Crippen molar-refractivity contribution in [3.63, 3.8) is 0 Å². The number of nitrogens with one attached hydrogen (secondary N) is 1. The molecule has 0 bridgehead atoms. The van der Waals surface area contributed by atoms with Crippen LogP contribution in [0.1, 0.15) is 7.85 Å². The van der Waals surface area contributed by atoms with E-state index in [4.69, 9.17) is 0 Å². The molecule has 2 saturated heterocycles. The number of likely N-dealkylation sites (tertiary alicyclic amines) is 1. The minimum absolute atomic E-state index is 0. The molecular formula is C26H23F3N3NaO5S2. The maximum Gasteiger partial charge on any atom is 1.00 e. The molecule has 0 unspecified atom stereocenters. The summed E-state index contributed by atoms with van der Waals surface area (Å²) in [5.41, 5.74) is -0.0871. The van der Waals surface area contributed by atoms with Crippen LogP contribution in [-0.4, -0.2) is 80.8 Å². The molecule has 3 heterocycles. The van der Waals surface area contributed by atoms with E-state index in [1.807, 2.05) is 42.5 Å². The van der Waals surface area contributed by atoms with Crippen LogP contribution in [0.5, 0.6) is 0 Å². The zero-order chi connectivity index (χ0) is 27.9. The van der Waals surface area contributed by atoms with Gasteiger partial charge in [0.25, 0.3) is 5.91 Å². The van der Waals surface area contributed by atoms with Gasteiger partial charge in [-0.2, -0.15) is 13.2 Å². The van der Waals surface area contributed by atoms with Crippen LogP contribution in [-0.2, 0) is 19.2 Å². The summed E-state index contributed by atoms with van der Waals surface area (Å²) in [6.07, 6.45) is -3.21. The molecule has 3 aliphatic rings. The quantitative estimate of drug-likeness (QED) is 0.206. The zero-order valence-corrected chi connectivity index (χ0v) is 24.9. The molecule has 0 aromatic heterocycles. The number of rotatable bonds is 7. The Morgan fingerprint density at radius 2 is 1.90 bits per heavy atom. The normalized spacial score (nSPS) is 21.8. The van der Waals surface area contributed by atoms with Crippen molar-refractivity contribution in [2.75, 3.05) is 24.6 Å². The van der Waals surface area contributed by atoms with E-state index in [0.717, 1.165) is 20.6 Å². The molecule has 14 heteroatoms. The summed E-state index contributed by atoms with van der Waals surface area (Å²) in [4.78, 5) is 52.6. The van der Waals surface area contributed by atoms with Gasteiger partial charge < -0.3 is 16.7 Å². The van der Waals surface area contributed by atoms with E-state index in [0.29, 0.717) is 4.90 Å². The van der Waals surface area contributed by atoms with Crippen molar-refractivity contribution in [2.24, 2.45) is 0 Å². The number of alkyl halides is 3. The van der Waals surface area contributed by atoms with Gasteiger partial charge in [0, 0.05) is 22.8 Å². The van der Waals surface area contributed by atoms with Crippen molar-refractivity contribution >= 4 is 58.0 Å². The van der Waals surface area contributed by atoms with Crippen molar-refractivity contribution < 1.29 is 68.4 Å². The van der Waals surface area contributed by atoms with Crippen LogP contribution in [0.15, 0.2) is 70.3 Å². The van der Waals surface area contributed by atoms with Crippen LogP contribution in [0.25, 0.3) is 10.8 Å². The van der Waals surface area contributed by atoms with Crippen molar-refractivity contribution in [3.05, 3.63) is 65.4 Å². The first-order valence-electron chi connectivity index (χ1n) is 11.9. The summed E-state index contributed by atoms with van der Waals surface area (Å²) in [5.74, 6) is -2.99. The van der Waals surface area contributed by atoms with Crippen molar-refractivity contribution in [2.45, 2.75) is 28.9 Å². The molecule has 0 saturated carbocycles. The Morgan fingerprint density at radius 3 is 2.60 bits per heavy atom. The second kappa shape index (κ2) is 12.2. The molecule has 3 aliphatic heterocycles. The number of carboxylic acids is 1. The number of benzene rings is 2. The van der Waals surface area contributed by atoms with E-state index in [-0.39, 0.29) is 78.2 Å². The molecule has 2 aromatic carbocycles. The van der Waals surface area contributed by atoms with Gasteiger partial charge in [0.05, 0.1) is 5.75 Å². The fraction of sp³-hybridized carbons (Fsp3) is 0.308.